The van der Waals surface area contributed by atoms with Crippen molar-refractivity contribution in [2.45, 2.75) is 93.0 Å². The topological polar surface area (TPSA) is 0 Å². The molecule has 4 heterocycles. The van der Waals surface area contributed by atoms with E-state index in [0.717, 1.165) is 24.5 Å². The molecule has 0 aromatic rings. The minimum absolute atomic E-state index is 0.333. The number of hydrogen-bond donors (Lipinski definition) is 0. The normalized spacial score (nSPS) is 34.6. The molecule has 5 aliphatic rings. The van der Waals surface area contributed by atoms with Gasteiger partial charge < -0.3 is 0 Å². The van der Waals surface area contributed by atoms with Crippen LogP contribution in [0.5, 0.6) is 0 Å². The summed E-state index contributed by atoms with van der Waals surface area (Å²) in [6, 6.07) is 0. The Morgan fingerprint density at radius 2 is 1.24 bits per heavy atom. The summed E-state index contributed by atoms with van der Waals surface area (Å²) in [5.41, 5.74) is 4.48. The van der Waals surface area contributed by atoms with Gasteiger partial charge in [-0.05, 0) is 54.3 Å². The van der Waals surface area contributed by atoms with Crippen LogP contribution in [-0.4, -0.2) is 14.8 Å². The molecule has 0 aromatic heterocycles. The lowest BCUT2D eigenvalue weighted by Crippen LogP contribution is -2.42. The Kier molecular flexibility index (Phi) is 3.92. The summed E-state index contributed by atoms with van der Waals surface area (Å²) in [5, 5.41) is 3.86. The fraction of sp³-hybridized carbons (Fsp3) is 0.826. The third-order valence-corrected chi connectivity index (χ3v) is 12.4. The first-order valence-corrected chi connectivity index (χ1v) is 13.9. The van der Waals surface area contributed by atoms with Crippen molar-refractivity contribution in [3.8, 4) is 0 Å². The fourth-order valence-electron chi connectivity index (χ4n) is 8.20. The molecule has 0 spiro atoms. The van der Waals surface area contributed by atoms with Gasteiger partial charge in [0, 0.05) is 0 Å². The molecule has 1 saturated carbocycles. The zero-order valence-electron chi connectivity index (χ0n) is 18.1. The molecule has 2 atom stereocenters. The highest BCUT2D eigenvalue weighted by molar-refractivity contribution is 6.94. The SMILES string of the molecule is CC(C)(C)C1=C2CC3CC4CB(CC(C4)C3)C2=C(C(C)(C)C)[Si]1(C)C. The van der Waals surface area contributed by atoms with E-state index in [1.165, 1.54) is 31.9 Å². The average molecular weight is 354 g/mol. The monoisotopic (exact) mass is 354 g/mol. The first-order valence-electron chi connectivity index (χ1n) is 10.9. The maximum absolute atomic E-state index is 2.68. The standard InChI is InChI=1S/C23H39BSi/c1-22(2,3)20-18-12-15-9-16-11-17(10-15)14-24(13-16)19(18)21(23(4,5)6)25(20,7)8/h15-17H,9-14H2,1-8H3. The summed E-state index contributed by atoms with van der Waals surface area (Å²) < 4.78 is 0. The van der Waals surface area contributed by atoms with E-state index in [9.17, 15) is 0 Å². The predicted octanol–water partition coefficient (Wildman–Crippen LogP) is 6.96. The molecule has 5 rings (SSSR count). The van der Waals surface area contributed by atoms with Crippen molar-refractivity contribution < 1.29 is 0 Å². The van der Waals surface area contributed by atoms with E-state index in [4.69, 9.17) is 0 Å². The van der Waals surface area contributed by atoms with Crippen LogP contribution in [0, 0.1) is 28.6 Å². The lowest BCUT2D eigenvalue weighted by atomic mass is 9.29. The first kappa shape index (κ1) is 18.1. The number of allylic oxidation sites excluding steroid dienone is 4. The Bertz CT molecular complexity index is 639. The molecule has 1 aliphatic carbocycles. The van der Waals surface area contributed by atoms with Crippen molar-refractivity contribution in [2.24, 2.45) is 28.6 Å². The Hall–Kier alpha value is -0.238. The molecule has 4 fully saturated rings. The predicted molar refractivity (Wildman–Crippen MR) is 115 cm³/mol. The van der Waals surface area contributed by atoms with Gasteiger partial charge in [-0.25, -0.2) is 0 Å². The van der Waals surface area contributed by atoms with Gasteiger partial charge in [0.25, 0.3) is 0 Å². The summed E-state index contributed by atoms with van der Waals surface area (Å²) in [7, 11) is -1.55. The maximum Gasteiger partial charge on any atom is 0.176 e. The lowest BCUT2D eigenvalue weighted by molar-refractivity contribution is 0.201. The van der Waals surface area contributed by atoms with Gasteiger partial charge in [0.05, 0.1) is 0 Å². The zero-order valence-corrected chi connectivity index (χ0v) is 19.1. The molecule has 2 unspecified atom stereocenters. The molecule has 0 amide bonds. The maximum atomic E-state index is 2.68. The number of rotatable bonds is 0. The van der Waals surface area contributed by atoms with Crippen LogP contribution in [0.1, 0.15) is 67.2 Å². The second kappa shape index (κ2) is 5.40. The largest absolute Gasteiger partial charge is 0.176 e. The molecule has 3 saturated heterocycles. The van der Waals surface area contributed by atoms with Crippen molar-refractivity contribution in [3.05, 3.63) is 21.4 Å². The van der Waals surface area contributed by atoms with Crippen molar-refractivity contribution >= 4 is 14.8 Å². The van der Waals surface area contributed by atoms with Gasteiger partial charge >= 0.3 is 0 Å². The fourth-order valence-corrected chi connectivity index (χ4v) is 14.2. The number of hydrogen-bond acceptors (Lipinski definition) is 0. The summed E-state index contributed by atoms with van der Waals surface area (Å²) in [5.74, 6) is 3.07. The van der Waals surface area contributed by atoms with E-state index < -0.39 is 8.07 Å². The summed E-state index contributed by atoms with van der Waals surface area (Å²) in [6.07, 6.45) is 9.06. The third kappa shape index (κ3) is 2.77. The van der Waals surface area contributed by atoms with Crippen LogP contribution in [0.25, 0.3) is 0 Å². The molecule has 2 heteroatoms. The van der Waals surface area contributed by atoms with Crippen LogP contribution >= 0.6 is 0 Å². The molecule has 138 valence electrons. The van der Waals surface area contributed by atoms with Crippen LogP contribution in [0.2, 0.25) is 25.7 Å². The lowest BCUT2D eigenvalue weighted by Gasteiger charge is -2.46. The summed E-state index contributed by atoms with van der Waals surface area (Å²) in [4.78, 5) is 0. The van der Waals surface area contributed by atoms with Crippen LogP contribution in [0.3, 0.4) is 0 Å². The Labute approximate surface area is 158 Å². The van der Waals surface area contributed by atoms with E-state index in [0.29, 0.717) is 10.8 Å². The van der Waals surface area contributed by atoms with Crippen LogP contribution < -0.4 is 0 Å². The second-order valence-corrected chi connectivity index (χ2v) is 16.7. The van der Waals surface area contributed by atoms with E-state index in [1.54, 1.807) is 6.42 Å². The molecular formula is C23H39BSi. The molecule has 0 N–H and O–H groups in total. The van der Waals surface area contributed by atoms with Crippen molar-refractivity contribution in [1.29, 1.82) is 0 Å². The van der Waals surface area contributed by atoms with Crippen LogP contribution in [0.4, 0.5) is 0 Å². The zero-order chi connectivity index (χ0) is 18.4. The smallest absolute Gasteiger partial charge is 0.0809 e. The molecule has 4 bridgehead atoms. The Morgan fingerprint density at radius 1 is 0.760 bits per heavy atom. The molecule has 4 aliphatic heterocycles. The van der Waals surface area contributed by atoms with E-state index >= 15 is 0 Å². The highest BCUT2D eigenvalue weighted by Crippen LogP contribution is 2.59. The first-order chi connectivity index (χ1) is 11.4. The molecule has 0 nitrogen and oxygen atoms in total. The van der Waals surface area contributed by atoms with Gasteiger partial charge in [-0.3, -0.25) is 0 Å². The highest BCUT2D eigenvalue weighted by atomic mass is 28.3. The third-order valence-electron chi connectivity index (χ3n) is 7.78. The van der Waals surface area contributed by atoms with Gasteiger partial charge in [0.1, 0.15) is 8.07 Å². The minimum atomic E-state index is -1.55. The van der Waals surface area contributed by atoms with Crippen molar-refractivity contribution in [2.75, 3.05) is 0 Å². The van der Waals surface area contributed by atoms with Gasteiger partial charge in [-0.2, -0.15) is 0 Å². The van der Waals surface area contributed by atoms with Gasteiger partial charge in [0.2, 0.25) is 0 Å². The molecule has 25 heavy (non-hydrogen) atoms. The molecular weight excluding hydrogens is 315 g/mol. The highest BCUT2D eigenvalue weighted by Gasteiger charge is 2.53. The van der Waals surface area contributed by atoms with Gasteiger partial charge in [-0.1, -0.05) is 88.7 Å². The van der Waals surface area contributed by atoms with E-state index in [2.05, 4.69) is 54.6 Å². The van der Waals surface area contributed by atoms with Gasteiger partial charge in [-0.15, -0.1) is 0 Å². The van der Waals surface area contributed by atoms with E-state index in [-0.39, 0.29) is 0 Å². The van der Waals surface area contributed by atoms with Crippen molar-refractivity contribution in [1.82, 2.24) is 0 Å². The average Bonchev–Trinajstić information content (AvgIpc) is 2.62. The van der Waals surface area contributed by atoms with E-state index in [1.807, 2.05) is 21.4 Å². The van der Waals surface area contributed by atoms with Crippen molar-refractivity contribution in [3.63, 3.8) is 0 Å². The molecule has 0 aromatic carbocycles. The van der Waals surface area contributed by atoms with Crippen LogP contribution in [-0.2, 0) is 0 Å². The second-order valence-electron chi connectivity index (χ2n) is 12.4. The van der Waals surface area contributed by atoms with Gasteiger partial charge in [0.15, 0.2) is 6.71 Å². The molecule has 0 radical (unpaired) electrons. The summed E-state index contributed by atoms with van der Waals surface area (Å²) >= 11 is 0. The van der Waals surface area contributed by atoms with Crippen LogP contribution in [0.15, 0.2) is 21.4 Å². The Balaban J connectivity index is 1.97. The summed E-state index contributed by atoms with van der Waals surface area (Å²) in [6.45, 7) is 21.3. The Morgan fingerprint density at radius 3 is 1.72 bits per heavy atom. The minimum Gasteiger partial charge on any atom is -0.0809 e. The quantitative estimate of drug-likeness (QED) is 0.413.